The maximum atomic E-state index is 7.06. The molecule has 0 fully saturated rings. The second-order valence-electron chi connectivity index (χ2n) is 21.7. The number of hydrogen-bond donors (Lipinski definition) is 0. The molecule has 1 aliphatic rings. The first kappa shape index (κ1) is 47.4. The number of furan rings is 1. The molecule has 16 rings (SSSR count). The lowest BCUT2D eigenvalue weighted by Gasteiger charge is -2.22. The summed E-state index contributed by atoms with van der Waals surface area (Å²) in [7, 11) is 0. The number of benzene rings is 10. The van der Waals surface area contributed by atoms with Crippen molar-refractivity contribution in [2.45, 2.75) is 13.3 Å². The largest absolute Gasteiger partial charge is 0.455 e. The van der Waals surface area contributed by atoms with Crippen LogP contribution in [0.4, 0.5) is 0 Å². The Bertz CT molecular complexity index is 5060. The van der Waals surface area contributed by atoms with Crippen molar-refractivity contribution in [3.8, 4) is 67.1 Å². The Labute approximate surface area is 474 Å². The molecule has 0 amide bonds. The van der Waals surface area contributed by atoms with Crippen LogP contribution in [0.3, 0.4) is 0 Å². The second kappa shape index (κ2) is 19.3. The van der Waals surface area contributed by atoms with Crippen molar-refractivity contribution in [2.75, 3.05) is 0 Å². The fourth-order valence-corrected chi connectivity index (χ4v) is 13.0. The van der Waals surface area contributed by atoms with E-state index >= 15 is 0 Å². The number of nitrogens with zero attached hydrogens (tertiary/aromatic N) is 4. The maximum Gasteiger partial charge on any atom is 0.143 e. The zero-order valence-electron chi connectivity index (χ0n) is 45.0. The Morgan fingerprint density at radius 2 is 0.890 bits per heavy atom. The van der Waals surface area contributed by atoms with Gasteiger partial charge in [0.05, 0.1) is 33.5 Å². The predicted octanol–water partition coefficient (Wildman–Crippen LogP) is 20.4. The van der Waals surface area contributed by atoms with Gasteiger partial charge in [-0.1, -0.05) is 153 Å². The highest BCUT2D eigenvalue weighted by Crippen LogP contribution is 2.46. The van der Waals surface area contributed by atoms with Gasteiger partial charge in [-0.15, -0.1) is 0 Å². The van der Waals surface area contributed by atoms with Gasteiger partial charge < -0.3 is 13.6 Å². The van der Waals surface area contributed by atoms with E-state index in [4.69, 9.17) is 14.4 Å². The van der Waals surface area contributed by atoms with E-state index in [1.807, 2.05) is 30.6 Å². The van der Waals surface area contributed by atoms with E-state index in [-0.39, 0.29) is 0 Å². The Balaban J connectivity index is 0.882. The summed E-state index contributed by atoms with van der Waals surface area (Å²) in [5.74, 6) is 0.341. The lowest BCUT2D eigenvalue weighted by atomic mass is 9.83. The Kier molecular flexibility index (Phi) is 11.2. The molecule has 0 N–H and O–H groups in total. The highest BCUT2D eigenvalue weighted by Gasteiger charge is 2.24. The van der Waals surface area contributed by atoms with E-state index in [1.54, 1.807) is 0 Å². The van der Waals surface area contributed by atoms with Gasteiger partial charge in [-0.05, 0) is 189 Å². The van der Waals surface area contributed by atoms with E-state index in [0.29, 0.717) is 5.92 Å². The number of allylic oxidation sites excluding steroid dienone is 4. The summed E-state index contributed by atoms with van der Waals surface area (Å²) in [4.78, 5) is 9.63. The van der Waals surface area contributed by atoms with Crippen molar-refractivity contribution >= 4 is 76.7 Å². The van der Waals surface area contributed by atoms with Crippen molar-refractivity contribution in [2.24, 2.45) is 5.92 Å². The molecule has 0 aliphatic heterocycles. The molecule has 5 heteroatoms. The second-order valence-corrected chi connectivity index (χ2v) is 21.7. The summed E-state index contributed by atoms with van der Waals surface area (Å²) in [6, 6.07) is 92.3. The fourth-order valence-electron chi connectivity index (χ4n) is 13.0. The minimum atomic E-state index is 0.341. The summed E-state index contributed by atoms with van der Waals surface area (Å²) in [6.07, 6.45) is 9.37. The molecule has 5 aromatic heterocycles. The Hall–Kier alpha value is -10.6. The average molecular weight is 1050 g/mol. The van der Waals surface area contributed by atoms with Gasteiger partial charge in [0.2, 0.25) is 0 Å². The number of rotatable bonds is 9. The number of pyridine rings is 2. The first-order valence-electron chi connectivity index (χ1n) is 28.2. The van der Waals surface area contributed by atoms with Gasteiger partial charge >= 0.3 is 0 Å². The summed E-state index contributed by atoms with van der Waals surface area (Å²) in [5.41, 5.74) is 24.3. The van der Waals surface area contributed by atoms with Gasteiger partial charge in [-0.3, -0.25) is 9.97 Å². The van der Waals surface area contributed by atoms with Crippen molar-refractivity contribution in [1.82, 2.24) is 19.1 Å². The molecule has 1 atom stereocenters. The molecule has 0 radical (unpaired) electrons. The average Bonchev–Trinajstić information content (AvgIpc) is 4.34. The van der Waals surface area contributed by atoms with Crippen LogP contribution < -0.4 is 0 Å². The maximum absolute atomic E-state index is 7.06. The monoisotopic (exact) mass is 1050 g/mol. The van der Waals surface area contributed by atoms with Crippen molar-refractivity contribution < 1.29 is 4.42 Å². The molecule has 15 aromatic rings. The highest BCUT2D eigenvalue weighted by atomic mass is 16.3. The van der Waals surface area contributed by atoms with Crippen LogP contribution in [0.5, 0.6) is 0 Å². The molecule has 1 unspecified atom stereocenters. The molecule has 0 saturated heterocycles. The Morgan fingerprint density at radius 3 is 1.61 bits per heavy atom. The lowest BCUT2D eigenvalue weighted by molar-refractivity contribution is 0.670. The predicted molar refractivity (Wildman–Crippen MR) is 341 cm³/mol. The number of hydrogen-bond acceptors (Lipinski definition) is 3. The van der Waals surface area contributed by atoms with Crippen molar-refractivity contribution in [3.63, 3.8) is 0 Å². The summed E-state index contributed by atoms with van der Waals surface area (Å²) < 4.78 is 11.8. The molecule has 10 aromatic carbocycles. The van der Waals surface area contributed by atoms with Gasteiger partial charge in [0.15, 0.2) is 0 Å². The zero-order valence-corrected chi connectivity index (χ0v) is 45.0. The van der Waals surface area contributed by atoms with E-state index in [1.165, 1.54) is 49.3 Å². The number of aromatic nitrogens is 4. The molecule has 5 nitrogen and oxygen atoms in total. The van der Waals surface area contributed by atoms with Gasteiger partial charge in [-0.25, -0.2) is 0 Å². The summed E-state index contributed by atoms with van der Waals surface area (Å²) >= 11 is 0. The minimum absolute atomic E-state index is 0.341. The normalized spacial score (nSPS) is 13.6. The number of para-hydroxylation sites is 3. The van der Waals surface area contributed by atoms with Crippen molar-refractivity contribution in [1.29, 1.82) is 0 Å². The van der Waals surface area contributed by atoms with Crippen LogP contribution in [0.1, 0.15) is 24.6 Å². The molecule has 0 bridgehead atoms. The zero-order chi connectivity index (χ0) is 54.3. The molecule has 5 heterocycles. The van der Waals surface area contributed by atoms with E-state index in [9.17, 15) is 0 Å². The summed E-state index contributed by atoms with van der Waals surface area (Å²) in [6.45, 7) is 2.32. The molecule has 1 aliphatic carbocycles. The van der Waals surface area contributed by atoms with Crippen LogP contribution in [0.2, 0.25) is 0 Å². The van der Waals surface area contributed by atoms with Gasteiger partial charge in [0.1, 0.15) is 11.2 Å². The molecule has 82 heavy (non-hydrogen) atoms. The standard InChI is InChI=1S/C77H52N4O/c1-49-18-16-28-60(76(49)70-30-13-15-41-79-70)54-33-37-74-66(44-54)65-43-52(32-36-73(65)81(74)58-23-6-3-7-24-58)50-19-17-20-51(42-50)56-47-63(55-34-38-72-64(45-55)62-27-10-11-31-71(62)80(72)57-21-4-2-5-22-57)77-68(48-56)67-46-53(35-39-75(67)82-77)59-25-8-9-26-61(59)69-29-12-14-40-78-69/h2-17,19-49H,18H2,1H3. The van der Waals surface area contributed by atoms with Gasteiger partial charge in [0, 0.05) is 67.2 Å². The highest BCUT2D eigenvalue weighted by molar-refractivity contribution is 6.16. The third kappa shape index (κ3) is 7.84. The van der Waals surface area contributed by atoms with Crippen LogP contribution in [0.15, 0.2) is 284 Å². The first-order chi connectivity index (χ1) is 40.6. The van der Waals surface area contributed by atoms with E-state index in [0.717, 1.165) is 112 Å². The first-order valence-corrected chi connectivity index (χ1v) is 28.2. The third-order valence-corrected chi connectivity index (χ3v) is 16.9. The SMILES string of the molecule is CC1CC=CC(c2ccc3c(c2)c2cc(-c4cccc(-c5cc(-c6ccc7c(c6)c6ccccc6n7-c6ccccc6)c6oc7ccc(-c8ccccc8-c8ccccn8)cc7c6c5)c4)ccc2n3-c2ccccc2)=C1c1ccccn1. The quantitative estimate of drug-likeness (QED) is 0.145. The minimum Gasteiger partial charge on any atom is -0.455 e. The lowest BCUT2D eigenvalue weighted by Crippen LogP contribution is -2.06. The molecule has 0 spiro atoms. The molecule has 386 valence electrons. The van der Waals surface area contributed by atoms with Crippen LogP contribution in [-0.2, 0) is 0 Å². The topological polar surface area (TPSA) is 48.8 Å². The smallest absolute Gasteiger partial charge is 0.143 e. The van der Waals surface area contributed by atoms with Crippen LogP contribution in [0.25, 0.3) is 144 Å². The fraction of sp³-hybridized carbons (Fsp3) is 0.0390. The van der Waals surface area contributed by atoms with Crippen LogP contribution >= 0.6 is 0 Å². The van der Waals surface area contributed by atoms with E-state index in [2.05, 4.69) is 265 Å². The van der Waals surface area contributed by atoms with Crippen LogP contribution in [0, 0.1) is 5.92 Å². The van der Waals surface area contributed by atoms with Crippen LogP contribution in [-0.4, -0.2) is 19.1 Å². The van der Waals surface area contributed by atoms with E-state index < -0.39 is 0 Å². The van der Waals surface area contributed by atoms with Gasteiger partial charge in [0.25, 0.3) is 0 Å². The number of fused-ring (bicyclic) bond motifs is 9. The van der Waals surface area contributed by atoms with Crippen molar-refractivity contribution in [3.05, 3.63) is 291 Å². The molecule has 0 saturated carbocycles. The third-order valence-electron chi connectivity index (χ3n) is 16.9. The Morgan fingerprint density at radius 1 is 0.366 bits per heavy atom. The molecular weight excluding hydrogens is 997 g/mol. The van der Waals surface area contributed by atoms with Gasteiger partial charge in [-0.2, -0.15) is 0 Å². The molecular formula is C77H52N4O. The summed E-state index contributed by atoms with van der Waals surface area (Å²) in [5, 5.41) is 6.93.